The van der Waals surface area contributed by atoms with Crippen molar-refractivity contribution in [2.45, 2.75) is 90.6 Å². The van der Waals surface area contributed by atoms with Crippen LogP contribution in [0.5, 0.6) is 0 Å². The normalized spacial score (nSPS) is 50.8. The lowest BCUT2D eigenvalue weighted by Crippen LogP contribution is -2.54. The zero-order chi connectivity index (χ0) is 17.2. The van der Waals surface area contributed by atoms with Gasteiger partial charge in [-0.1, -0.05) is 32.8 Å². The summed E-state index contributed by atoms with van der Waals surface area (Å²) in [6.07, 6.45) is 12.8. The van der Waals surface area contributed by atoms with Crippen molar-refractivity contribution >= 4 is 5.78 Å². The Labute approximate surface area is 147 Å². The monoisotopic (exact) mass is 330 g/mol. The Morgan fingerprint density at radius 2 is 1.83 bits per heavy atom. The van der Waals surface area contributed by atoms with Gasteiger partial charge in [-0.3, -0.25) is 4.79 Å². The molecular weight excluding hydrogens is 296 g/mol. The summed E-state index contributed by atoms with van der Waals surface area (Å²) in [5.74, 6) is 2.51. The van der Waals surface area contributed by atoms with Crippen LogP contribution in [-0.4, -0.2) is 16.5 Å². The van der Waals surface area contributed by atoms with Gasteiger partial charge in [-0.05, 0) is 86.0 Å². The van der Waals surface area contributed by atoms with Gasteiger partial charge in [0, 0.05) is 6.42 Å². The quantitative estimate of drug-likeness (QED) is 0.769. The van der Waals surface area contributed by atoms with Crippen LogP contribution >= 0.6 is 0 Å². The summed E-state index contributed by atoms with van der Waals surface area (Å²) in [6, 6.07) is 0. The average molecular weight is 331 g/mol. The molecule has 1 N–H and O–H groups in total. The first-order chi connectivity index (χ1) is 11.3. The number of aliphatic hydroxyl groups is 1. The van der Waals surface area contributed by atoms with E-state index in [1.165, 1.54) is 31.3 Å². The van der Waals surface area contributed by atoms with E-state index in [2.05, 4.69) is 20.8 Å². The van der Waals surface area contributed by atoms with Gasteiger partial charge in [0.25, 0.3) is 0 Å². The first kappa shape index (κ1) is 16.8. The highest BCUT2D eigenvalue weighted by Crippen LogP contribution is 2.68. The smallest absolute Gasteiger partial charge is 0.155 e. The second kappa shape index (κ2) is 5.43. The van der Waals surface area contributed by atoms with E-state index in [0.717, 1.165) is 50.4 Å². The van der Waals surface area contributed by atoms with E-state index in [1.54, 1.807) is 0 Å². The maximum Gasteiger partial charge on any atom is 0.155 e. The molecule has 0 aliphatic heterocycles. The fraction of sp³-hybridized carbons (Fsp3) is 0.864. The molecule has 0 aromatic rings. The van der Waals surface area contributed by atoms with E-state index in [-0.39, 0.29) is 10.8 Å². The molecule has 0 saturated heterocycles. The molecular formula is C22H34O2. The molecule has 0 spiro atoms. The number of carbonyl (C=O) groups excluding carboxylic acids is 1. The van der Waals surface area contributed by atoms with Gasteiger partial charge in [-0.2, -0.15) is 0 Å². The minimum atomic E-state index is -0.434. The zero-order valence-corrected chi connectivity index (χ0v) is 15.7. The lowest BCUT2D eigenvalue weighted by atomic mass is 9.46. The van der Waals surface area contributed by atoms with Crippen molar-refractivity contribution in [1.82, 2.24) is 0 Å². The van der Waals surface area contributed by atoms with Gasteiger partial charge >= 0.3 is 0 Å². The van der Waals surface area contributed by atoms with Crippen LogP contribution in [0.4, 0.5) is 0 Å². The predicted molar refractivity (Wildman–Crippen MR) is 96.6 cm³/mol. The fourth-order valence-corrected chi connectivity index (χ4v) is 7.49. The van der Waals surface area contributed by atoms with E-state index in [0.29, 0.717) is 11.7 Å². The largest absolute Gasteiger partial charge is 0.389 e. The molecule has 2 nitrogen and oxygen atoms in total. The first-order valence-electron chi connectivity index (χ1n) is 10.3. The van der Waals surface area contributed by atoms with Gasteiger partial charge in [0.15, 0.2) is 5.78 Å². The summed E-state index contributed by atoms with van der Waals surface area (Å²) >= 11 is 0. The van der Waals surface area contributed by atoms with Gasteiger partial charge in [0.2, 0.25) is 0 Å². The SMILES string of the molecule is CCC[C@]1(O)CC[C@H]2[C@@H]3CCC4=CC(=O)CCC4(C)[C@H]3CCC21C. The Bertz CT molecular complexity index is 579. The standard InChI is InChI=1S/C22H34O2/c1-4-10-22(24)13-9-19-17-6-5-15-14-16(23)7-11-20(15,2)18(17)8-12-21(19,22)3/h14,17-19,24H,4-13H2,1-3H3/t17-,18+,19+,20?,21?,22+/m1/s1. The molecule has 0 amide bonds. The third kappa shape index (κ3) is 2.08. The number of rotatable bonds is 2. The minimum absolute atomic E-state index is 0.117. The topological polar surface area (TPSA) is 37.3 Å². The highest BCUT2D eigenvalue weighted by atomic mass is 16.3. The molecule has 4 rings (SSSR count). The predicted octanol–water partition coefficient (Wildman–Crippen LogP) is 5.05. The highest BCUT2D eigenvalue weighted by molar-refractivity contribution is 5.91. The van der Waals surface area contributed by atoms with Crippen LogP contribution in [0.15, 0.2) is 11.6 Å². The summed E-state index contributed by atoms with van der Waals surface area (Å²) in [7, 11) is 0. The van der Waals surface area contributed by atoms with Crippen LogP contribution in [-0.2, 0) is 4.79 Å². The van der Waals surface area contributed by atoms with Crippen molar-refractivity contribution in [3.8, 4) is 0 Å². The van der Waals surface area contributed by atoms with Gasteiger partial charge in [0.05, 0.1) is 5.60 Å². The van der Waals surface area contributed by atoms with E-state index in [1.807, 2.05) is 6.08 Å². The number of ketones is 1. The van der Waals surface area contributed by atoms with Crippen LogP contribution in [0.2, 0.25) is 0 Å². The Morgan fingerprint density at radius 3 is 2.58 bits per heavy atom. The molecule has 0 radical (unpaired) electrons. The highest BCUT2D eigenvalue weighted by Gasteiger charge is 2.63. The third-order valence-corrected chi connectivity index (χ3v) is 8.95. The number of hydrogen-bond acceptors (Lipinski definition) is 2. The van der Waals surface area contributed by atoms with E-state index >= 15 is 0 Å². The van der Waals surface area contributed by atoms with E-state index < -0.39 is 5.60 Å². The molecule has 3 fully saturated rings. The molecule has 0 bridgehead atoms. The maximum absolute atomic E-state index is 11.9. The number of carbonyl (C=O) groups is 1. The van der Waals surface area contributed by atoms with Gasteiger partial charge < -0.3 is 5.11 Å². The summed E-state index contributed by atoms with van der Waals surface area (Å²) in [6.45, 7) is 7.05. The number of allylic oxidation sites excluding steroid dienone is 1. The zero-order valence-electron chi connectivity index (χ0n) is 15.7. The second-order valence-electron chi connectivity index (χ2n) is 9.75. The average Bonchev–Trinajstić information content (AvgIpc) is 2.80. The Kier molecular flexibility index (Phi) is 3.81. The van der Waals surface area contributed by atoms with Crippen molar-refractivity contribution in [1.29, 1.82) is 0 Å². The fourth-order valence-electron chi connectivity index (χ4n) is 7.49. The van der Waals surface area contributed by atoms with Crippen molar-refractivity contribution in [3.05, 3.63) is 11.6 Å². The van der Waals surface area contributed by atoms with Crippen molar-refractivity contribution in [3.63, 3.8) is 0 Å². The molecule has 134 valence electrons. The molecule has 4 aliphatic rings. The summed E-state index contributed by atoms with van der Waals surface area (Å²) in [5.41, 5.74) is 1.39. The van der Waals surface area contributed by atoms with Crippen molar-refractivity contribution in [2.75, 3.05) is 0 Å². The van der Waals surface area contributed by atoms with Gasteiger partial charge in [-0.15, -0.1) is 0 Å². The van der Waals surface area contributed by atoms with Gasteiger partial charge in [0.1, 0.15) is 0 Å². The van der Waals surface area contributed by atoms with Crippen LogP contribution in [0.1, 0.15) is 85.0 Å². The Morgan fingerprint density at radius 1 is 1.08 bits per heavy atom. The Balaban J connectivity index is 1.66. The van der Waals surface area contributed by atoms with Crippen molar-refractivity contribution in [2.24, 2.45) is 28.6 Å². The van der Waals surface area contributed by atoms with Crippen LogP contribution < -0.4 is 0 Å². The third-order valence-electron chi connectivity index (χ3n) is 8.95. The van der Waals surface area contributed by atoms with E-state index in [4.69, 9.17) is 0 Å². The molecule has 0 aromatic carbocycles. The molecule has 2 unspecified atom stereocenters. The molecule has 3 saturated carbocycles. The van der Waals surface area contributed by atoms with Crippen LogP contribution in [0.3, 0.4) is 0 Å². The Hall–Kier alpha value is -0.630. The van der Waals surface area contributed by atoms with Crippen molar-refractivity contribution < 1.29 is 9.90 Å². The second-order valence-corrected chi connectivity index (χ2v) is 9.75. The molecule has 2 heteroatoms. The number of hydrogen-bond donors (Lipinski definition) is 1. The van der Waals surface area contributed by atoms with Gasteiger partial charge in [-0.25, -0.2) is 0 Å². The molecule has 6 atom stereocenters. The lowest BCUT2D eigenvalue weighted by Gasteiger charge is -2.59. The molecule has 4 aliphatic carbocycles. The maximum atomic E-state index is 11.9. The summed E-state index contributed by atoms with van der Waals surface area (Å²) in [4.78, 5) is 11.9. The lowest BCUT2D eigenvalue weighted by molar-refractivity contribution is -0.132. The minimum Gasteiger partial charge on any atom is -0.389 e. The van der Waals surface area contributed by atoms with Crippen LogP contribution in [0.25, 0.3) is 0 Å². The summed E-state index contributed by atoms with van der Waals surface area (Å²) in [5, 5.41) is 11.4. The molecule has 24 heavy (non-hydrogen) atoms. The summed E-state index contributed by atoms with van der Waals surface area (Å²) < 4.78 is 0. The van der Waals surface area contributed by atoms with E-state index in [9.17, 15) is 9.90 Å². The first-order valence-corrected chi connectivity index (χ1v) is 10.3. The number of fused-ring (bicyclic) bond motifs is 5. The molecule has 0 heterocycles. The molecule has 0 aromatic heterocycles. The van der Waals surface area contributed by atoms with Crippen LogP contribution in [0, 0.1) is 28.6 Å².